The second-order valence-corrected chi connectivity index (χ2v) is 6.97. The zero-order chi connectivity index (χ0) is 14.0. The standard InChI is InChI=1S/C13H17NO3S2/c1-8(2)14(7-11(15)16)13(17)12-9-3-5-18-10(9)4-6-19-12/h3,5,8,12H,4,6-7H2,1-2H3,(H,15,16). The lowest BCUT2D eigenvalue weighted by Gasteiger charge is -2.30. The highest BCUT2D eigenvalue weighted by Gasteiger charge is 2.33. The predicted octanol–water partition coefficient (Wildman–Crippen LogP) is 2.40. The number of nitrogens with zero attached hydrogens (tertiary/aromatic N) is 1. The van der Waals surface area contributed by atoms with Gasteiger partial charge in [0, 0.05) is 10.9 Å². The Morgan fingerprint density at radius 1 is 1.53 bits per heavy atom. The van der Waals surface area contributed by atoms with Crippen molar-refractivity contribution in [1.82, 2.24) is 4.90 Å². The van der Waals surface area contributed by atoms with Crippen molar-refractivity contribution >= 4 is 35.0 Å². The first kappa shape index (κ1) is 14.4. The second-order valence-electron chi connectivity index (χ2n) is 4.75. The summed E-state index contributed by atoms with van der Waals surface area (Å²) in [6, 6.07) is 1.89. The lowest BCUT2D eigenvalue weighted by molar-refractivity contribution is -0.145. The van der Waals surface area contributed by atoms with Crippen LogP contribution in [0.15, 0.2) is 11.4 Å². The third-order valence-corrected chi connectivity index (χ3v) is 5.34. The molecule has 0 spiro atoms. The lowest BCUT2D eigenvalue weighted by Crippen LogP contribution is -2.43. The third kappa shape index (κ3) is 3.12. The summed E-state index contributed by atoms with van der Waals surface area (Å²) >= 11 is 3.29. The van der Waals surface area contributed by atoms with Gasteiger partial charge in [-0.15, -0.1) is 23.1 Å². The van der Waals surface area contributed by atoms with Gasteiger partial charge in [-0.05, 0) is 43.0 Å². The molecule has 0 bridgehead atoms. The number of hydrogen-bond acceptors (Lipinski definition) is 4. The van der Waals surface area contributed by atoms with Gasteiger partial charge in [-0.3, -0.25) is 9.59 Å². The number of hydrogen-bond donors (Lipinski definition) is 1. The number of aryl methyl sites for hydroxylation is 1. The lowest BCUT2D eigenvalue weighted by atomic mass is 10.1. The topological polar surface area (TPSA) is 57.6 Å². The number of aliphatic carboxylic acids is 1. The zero-order valence-corrected chi connectivity index (χ0v) is 12.6. The number of amides is 1. The first-order valence-corrected chi connectivity index (χ1v) is 8.13. The maximum absolute atomic E-state index is 12.6. The molecule has 2 rings (SSSR count). The molecule has 6 heteroatoms. The Hall–Kier alpha value is -1.01. The maximum atomic E-state index is 12.6. The summed E-state index contributed by atoms with van der Waals surface area (Å²) in [6.07, 6.45) is 1.00. The van der Waals surface area contributed by atoms with Crippen molar-refractivity contribution in [1.29, 1.82) is 0 Å². The average Bonchev–Trinajstić information content (AvgIpc) is 2.82. The van der Waals surface area contributed by atoms with Crippen molar-refractivity contribution in [2.75, 3.05) is 12.3 Å². The highest BCUT2D eigenvalue weighted by atomic mass is 32.2. The quantitative estimate of drug-likeness (QED) is 0.927. The van der Waals surface area contributed by atoms with Gasteiger partial charge < -0.3 is 10.0 Å². The molecule has 0 radical (unpaired) electrons. The van der Waals surface area contributed by atoms with Crippen LogP contribution in [0.3, 0.4) is 0 Å². The molecular weight excluding hydrogens is 282 g/mol. The summed E-state index contributed by atoms with van der Waals surface area (Å²) in [5, 5.41) is 10.7. The first-order valence-electron chi connectivity index (χ1n) is 6.21. The number of rotatable bonds is 4. The minimum atomic E-state index is -0.964. The fraction of sp³-hybridized carbons (Fsp3) is 0.538. The van der Waals surface area contributed by atoms with E-state index < -0.39 is 5.97 Å². The van der Waals surface area contributed by atoms with E-state index in [0.717, 1.165) is 17.7 Å². The second kappa shape index (κ2) is 5.96. The van der Waals surface area contributed by atoms with E-state index in [-0.39, 0.29) is 23.7 Å². The van der Waals surface area contributed by atoms with Crippen LogP contribution < -0.4 is 0 Å². The van der Waals surface area contributed by atoms with Gasteiger partial charge in [-0.2, -0.15) is 0 Å². The molecule has 2 heterocycles. The number of fused-ring (bicyclic) bond motifs is 1. The van der Waals surface area contributed by atoms with Gasteiger partial charge in [0.15, 0.2) is 0 Å². The molecule has 1 atom stereocenters. The summed E-state index contributed by atoms with van der Waals surface area (Å²) in [5.41, 5.74) is 1.07. The minimum absolute atomic E-state index is 0.0817. The average molecular weight is 299 g/mol. The summed E-state index contributed by atoms with van der Waals surface area (Å²) in [6.45, 7) is 3.47. The van der Waals surface area contributed by atoms with Crippen molar-refractivity contribution < 1.29 is 14.7 Å². The van der Waals surface area contributed by atoms with Crippen LogP contribution in [0.1, 0.15) is 29.5 Å². The molecule has 1 amide bonds. The molecule has 104 valence electrons. The third-order valence-electron chi connectivity index (χ3n) is 3.11. The van der Waals surface area contributed by atoms with Gasteiger partial charge in [0.1, 0.15) is 11.8 Å². The van der Waals surface area contributed by atoms with E-state index in [1.54, 1.807) is 23.1 Å². The number of carbonyl (C=O) groups excluding carboxylic acids is 1. The molecule has 1 aromatic rings. The zero-order valence-electron chi connectivity index (χ0n) is 11.0. The largest absolute Gasteiger partial charge is 0.480 e. The Morgan fingerprint density at radius 3 is 2.89 bits per heavy atom. The number of carbonyl (C=O) groups is 2. The van der Waals surface area contributed by atoms with E-state index in [1.807, 2.05) is 25.3 Å². The highest BCUT2D eigenvalue weighted by Crippen LogP contribution is 2.40. The highest BCUT2D eigenvalue weighted by molar-refractivity contribution is 8.00. The van der Waals surface area contributed by atoms with Gasteiger partial charge in [0.25, 0.3) is 0 Å². The molecule has 1 aromatic heterocycles. The molecule has 0 aliphatic carbocycles. The summed E-state index contributed by atoms with van der Waals surface area (Å²) in [7, 11) is 0. The van der Waals surface area contributed by atoms with Crippen LogP contribution in [0.2, 0.25) is 0 Å². The van der Waals surface area contributed by atoms with Crippen molar-refractivity contribution in [3.8, 4) is 0 Å². The number of thioether (sulfide) groups is 1. The van der Waals surface area contributed by atoms with Gasteiger partial charge in [-0.1, -0.05) is 0 Å². The molecule has 0 fully saturated rings. The fourth-order valence-corrected chi connectivity index (χ4v) is 4.52. The van der Waals surface area contributed by atoms with E-state index >= 15 is 0 Å². The van der Waals surface area contributed by atoms with E-state index in [1.165, 1.54) is 9.78 Å². The van der Waals surface area contributed by atoms with Crippen LogP contribution >= 0.6 is 23.1 Å². The molecule has 0 saturated heterocycles. The molecule has 4 nitrogen and oxygen atoms in total. The normalized spacial score (nSPS) is 18.2. The fourth-order valence-electron chi connectivity index (χ4n) is 2.16. The minimum Gasteiger partial charge on any atom is -0.480 e. The van der Waals surface area contributed by atoms with Gasteiger partial charge >= 0.3 is 5.97 Å². The molecule has 1 unspecified atom stereocenters. The Morgan fingerprint density at radius 2 is 2.26 bits per heavy atom. The van der Waals surface area contributed by atoms with Crippen LogP contribution in [0, 0.1) is 0 Å². The van der Waals surface area contributed by atoms with Crippen LogP contribution in [-0.2, 0) is 16.0 Å². The monoisotopic (exact) mass is 299 g/mol. The molecule has 1 aliphatic rings. The van der Waals surface area contributed by atoms with Crippen LogP contribution in [-0.4, -0.2) is 40.2 Å². The Balaban J connectivity index is 2.22. The molecule has 0 saturated carbocycles. The van der Waals surface area contributed by atoms with Gasteiger partial charge in [0.05, 0.1) is 0 Å². The summed E-state index contributed by atoms with van der Waals surface area (Å²) in [4.78, 5) is 26.2. The Kier molecular flexibility index (Phi) is 4.52. The number of carboxylic acids is 1. The SMILES string of the molecule is CC(C)N(CC(=O)O)C(=O)C1SCCc2sccc21. The molecule has 1 aliphatic heterocycles. The summed E-state index contributed by atoms with van der Waals surface area (Å²) < 4.78 is 0. The summed E-state index contributed by atoms with van der Waals surface area (Å²) in [5.74, 6) is -0.127. The van der Waals surface area contributed by atoms with Crippen molar-refractivity contribution in [3.63, 3.8) is 0 Å². The molecular formula is C13H17NO3S2. The van der Waals surface area contributed by atoms with Gasteiger partial charge in [0.2, 0.25) is 5.91 Å². The Labute approximate surface area is 120 Å². The Bertz CT molecular complexity index is 484. The van der Waals surface area contributed by atoms with Crippen LogP contribution in [0.5, 0.6) is 0 Å². The van der Waals surface area contributed by atoms with Crippen molar-refractivity contribution in [3.05, 3.63) is 21.9 Å². The van der Waals surface area contributed by atoms with E-state index in [4.69, 9.17) is 5.11 Å². The maximum Gasteiger partial charge on any atom is 0.323 e. The van der Waals surface area contributed by atoms with E-state index in [9.17, 15) is 9.59 Å². The van der Waals surface area contributed by atoms with Crippen molar-refractivity contribution in [2.45, 2.75) is 31.6 Å². The van der Waals surface area contributed by atoms with E-state index in [2.05, 4.69) is 0 Å². The molecule has 0 aromatic carbocycles. The predicted molar refractivity (Wildman–Crippen MR) is 77.7 cm³/mol. The van der Waals surface area contributed by atoms with Gasteiger partial charge in [-0.25, -0.2) is 0 Å². The first-order chi connectivity index (χ1) is 9.00. The van der Waals surface area contributed by atoms with Crippen molar-refractivity contribution in [2.24, 2.45) is 0 Å². The number of thiophene rings is 1. The van der Waals surface area contributed by atoms with Crippen LogP contribution in [0.25, 0.3) is 0 Å². The van der Waals surface area contributed by atoms with E-state index in [0.29, 0.717) is 0 Å². The molecule has 1 N–H and O–H groups in total. The molecule has 19 heavy (non-hydrogen) atoms. The smallest absolute Gasteiger partial charge is 0.323 e. The number of carboxylic acid groups (broad SMARTS) is 1. The van der Waals surface area contributed by atoms with Crippen LogP contribution in [0.4, 0.5) is 0 Å².